The lowest BCUT2D eigenvalue weighted by molar-refractivity contribution is 0.788. The highest BCUT2D eigenvalue weighted by atomic mass is 79.9. The summed E-state index contributed by atoms with van der Waals surface area (Å²) >= 11 is 4.97. The van der Waals surface area contributed by atoms with Crippen LogP contribution >= 0.6 is 27.7 Å². The third kappa shape index (κ3) is 3.23. The maximum Gasteiger partial charge on any atom is 0.223 e. The number of nitrogens with one attached hydrogen (secondary N) is 1. The highest BCUT2D eigenvalue weighted by Gasteiger charge is 2.09. The van der Waals surface area contributed by atoms with Gasteiger partial charge in [0.15, 0.2) is 5.16 Å². The van der Waals surface area contributed by atoms with E-state index in [0.29, 0.717) is 5.95 Å². The molecule has 2 aromatic heterocycles. The summed E-state index contributed by atoms with van der Waals surface area (Å²) in [7, 11) is 1.96. The van der Waals surface area contributed by atoms with Gasteiger partial charge in [0.1, 0.15) is 5.03 Å². The van der Waals surface area contributed by atoms with Crippen molar-refractivity contribution in [1.29, 1.82) is 0 Å². The molecule has 0 aromatic carbocycles. The molecule has 0 aliphatic rings. The van der Waals surface area contributed by atoms with Gasteiger partial charge in [0.2, 0.25) is 5.95 Å². The first-order chi connectivity index (χ1) is 8.70. The lowest BCUT2D eigenvalue weighted by atomic mass is 10.5. The van der Waals surface area contributed by atoms with Gasteiger partial charge >= 0.3 is 0 Å². The first-order valence-electron chi connectivity index (χ1n) is 5.62. The fourth-order valence-electron chi connectivity index (χ4n) is 1.28. The molecule has 0 saturated carbocycles. The van der Waals surface area contributed by atoms with Crippen molar-refractivity contribution in [3.63, 3.8) is 0 Å². The zero-order valence-corrected chi connectivity index (χ0v) is 12.6. The van der Waals surface area contributed by atoms with Crippen molar-refractivity contribution < 1.29 is 0 Å². The molecule has 0 saturated heterocycles. The molecule has 2 rings (SSSR count). The van der Waals surface area contributed by atoms with Crippen LogP contribution in [0.1, 0.15) is 13.3 Å². The summed E-state index contributed by atoms with van der Waals surface area (Å²) in [5, 5.41) is 4.93. The van der Waals surface area contributed by atoms with E-state index in [2.05, 4.69) is 43.1 Å². The molecular formula is C11H14BrN5S. The summed E-state index contributed by atoms with van der Waals surface area (Å²) in [4.78, 5) is 13.0. The summed E-state index contributed by atoms with van der Waals surface area (Å²) in [6, 6.07) is 0. The molecule has 0 radical (unpaired) electrons. The Morgan fingerprint density at radius 3 is 2.94 bits per heavy atom. The number of anilines is 1. The number of nitrogens with zero attached hydrogens (tertiary/aromatic N) is 4. The molecule has 0 amide bonds. The van der Waals surface area contributed by atoms with Crippen LogP contribution in [0.4, 0.5) is 5.95 Å². The molecule has 0 atom stereocenters. The minimum absolute atomic E-state index is 0.650. The summed E-state index contributed by atoms with van der Waals surface area (Å²) in [6.45, 7) is 2.98. The summed E-state index contributed by atoms with van der Waals surface area (Å²) in [5.41, 5.74) is 0. The fraction of sp³-hybridized carbons (Fsp3) is 0.364. The first-order valence-corrected chi connectivity index (χ1v) is 7.23. The van der Waals surface area contributed by atoms with Crippen LogP contribution in [0.2, 0.25) is 0 Å². The zero-order valence-electron chi connectivity index (χ0n) is 10.2. The molecule has 5 nitrogen and oxygen atoms in total. The zero-order chi connectivity index (χ0) is 13.0. The van der Waals surface area contributed by atoms with E-state index in [1.165, 1.54) is 11.8 Å². The Balaban J connectivity index is 2.18. The van der Waals surface area contributed by atoms with Crippen LogP contribution < -0.4 is 5.32 Å². The van der Waals surface area contributed by atoms with Crippen LogP contribution in [0.3, 0.4) is 0 Å². The Morgan fingerprint density at radius 2 is 2.28 bits per heavy atom. The molecule has 1 N–H and O–H groups in total. The molecule has 0 spiro atoms. The second-order valence-corrected chi connectivity index (χ2v) is 5.51. The number of hydrogen-bond acceptors (Lipinski definition) is 5. The van der Waals surface area contributed by atoms with E-state index in [1.54, 1.807) is 12.4 Å². The smallest absolute Gasteiger partial charge is 0.223 e. The van der Waals surface area contributed by atoms with Crippen molar-refractivity contribution in [2.75, 3.05) is 11.9 Å². The number of aromatic nitrogens is 4. The van der Waals surface area contributed by atoms with Gasteiger partial charge in [0.25, 0.3) is 0 Å². The molecule has 0 unspecified atom stereocenters. The van der Waals surface area contributed by atoms with Gasteiger partial charge in [-0.3, -0.25) is 0 Å². The standard InChI is InChI=1S/C11H14BrN5S/c1-3-4-13-10-15-7-8(12)9(16-10)18-11-14-5-6-17(11)2/h5-7H,3-4H2,1-2H3,(H,13,15,16). The van der Waals surface area contributed by atoms with E-state index >= 15 is 0 Å². The largest absolute Gasteiger partial charge is 0.354 e. The Morgan fingerprint density at radius 1 is 1.44 bits per heavy atom. The number of aryl methyl sites for hydroxylation is 1. The molecule has 7 heteroatoms. The summed E-state index contributed by atoms with van der Waals surface area (Å²) < 4.78 is 2.83. The fourth-order valence-corrected chi connectivity index (χ4v) is 2.49. The van der Waals surface area contributed by atoms with Crippen LogP contribution in [0.15, 0.2) is 33.2 Å². The number of hydrogen-bond donors (Lipinski definition) is 1. The van der Waals surface area contributed by atoms with E-state index in [4.69, 9.17) is 0 Å². The maximum absolute atomic E-state index is 4.47. The number of imidazole rings is 1. The van der Waals surface area contributed by atoms with Gasteiger partial charge in [-0.2, -0.15) is 0 Å². The van der Waals surface area contributed by atoms with E-state index < -0.39 is 0 Å². The van der Waals surface area contributed by atoms with Gasteiger partial charge in [-0.15, -0.1) is 0 Å². The average molecular weight is 328 g/mol. The highest BCUT2D eigenvalue weighted by molar-refractivity contribution is 9.10. The third-order valence-electron chi connectivity index (χ3n) is 2.21. The van der Waals surface area contributed by atoms with E-state index in [9.17, 15) is 0 Å². The van der Waals surface area contributed by atoms with Gasteiger partial charge in [-0.25, -0.2) is 15.0 Å². The quantitative estimate of drug-likeness (QED) is 0.855. The third-order valence-corrected chi connectivity index (χ3v) is 4.13. The predicted molar refractivity (Wildman–Crippen MR) is 75.8 cm³/mol. The van der Waals surface area contributed by atoms with Gasteiger partial charge in [0.05, 0.1) is 4.47 Å². The van der Waals surface area contributed by atoms with Crippen LogP contribution in [-0.4, -0.2) is 26.1 Å². The monoisotopic (exact) mass is 327 g/mol. The second-order valence-electron chi connectivity index (χ2n) is 3.70. The van der Waals surface area contributed by atoms with Crippen molar-refractivity contribution in [2.24, 2.45) is 7.05 Å². The maximum atomic E-state index is 4.47. The van der Waals surface area contributed by atoms with Crippen molar-refractivity contribution in [1.82, 2.24) is 19.5 Å². The van der Waals surface area contributed by atoms with Crippen LogP contribution in [0, 0.1) is 0 Å². The molecule has 18 heavy (non-hydrogen) atoms. The van der Waals surface area contributed by atoms with E-state index in [-0.39, 0.29) is 0 Å². The first kappa shape index (κ1) is 13.4. The lowest BCUT2D eigenvalue weighted by Crippen LogP contribution is -2.04. The van der Waals surface area contributed by atoms with Gasteiger partial charge < -0.3 is 9.88 Å². The molecule has 96 valence electrons. The van der Waals surface area contributed by atoms with Gasteiger partial charge in [-0.1, -0.05) is 6.92 Å². The van der Waals surface area contributed by atoms with E-state index in [1.807, 2.05) is 17.8 Å². The minimum atomic E-state index is 0.650. The van der Waals surface area contributed by atoms with E-state index in [0.717, 1.165) is 27.6 Å². The van der Waals surface area contributed by atoms with Crippen LogP contribution in [-0.2, 0) is 7.05 Å². The highest BCUT2D eigenvalue weighted by Crippen LogP contribution is 2.30. The summed E-state index contributed by atoms with van der Waals surface area (Å²) in [5.74, 6) is 0.650. The molecule has 2 aromatic rings. The van der Waals surface area contributed by atoms with Gasteiger partial charge in [-0.05, 0) is 34.1 Å². The average Bonchev–Trinajstić information content (AvgIpc) is 2.76. The van der Waals surface area contributed by atoms with Crippen molar-refractivity contribution in [3.05, 3.63) is 23.1 Å². The predicted octanol–water partition coefficient (Wildman–Crippen LogP) is 2.95. The molecule has 0 aliphatic carbocycles. The second kappa shape index (κ2) is 6.19. The van der Waals surface area contributed by atoms with Crippen LogP contribution in [0.25, 0.3) is 0 Å². The molecule has 0 bridgehead atoms. The Kier molecular flexibility index (Phi) is 4.60. The molecule has 2 heterocycles. The molecular weight excluding hydrogens is 314 g/mol. The van der Waals surface area contributed by atoms with Crippen LogP contribution in [0.5, 0.6) is 0 Å². The summed E-state index contributed by atoms with van der Waals surface area (Å²) in [6.07, 6.45) is 6.48. The van der Waals surface area contributed by atoms with Gasteiger partial charge in [0, 0.05) is 32.2 Å². The minimum Gasteiger partial charge on any atom is -0.354 e. The lowest BCUT2D eigenvalue weighted by Gasteiger charge is -2.06. The number of rotatable bonds is 5. The Labute approximate surface area is 119 Å². The SMILES string of the molecule is CCCNc1ncc(Br)c(Sc2nccn2C)n1. The molecule has 0 fully saturated rings. The van der Waals surface area contributed by atoms with Crippen molar-refractivity contribution >= 4 is 33.6 Å². The topological polar surface area (TPSA) is 55.6 Å². The van der Waals surface area contributed by atoms with Crippen molar-refractivity contribution in [2.45, 2.75) is 23.5 Å². The normalized spacial score (nSPS) is 10.6. The number of halogens is 1. The molecule has 0 aliphatic heterocycles. The Hall–Kier alpha value is -1.08. The van der Waals surface area contributed by atoms with Crippen molar-refractivity contribution in [3.8, 4) is 0 Å². The Bertz CT molecular complexity index is 528.